The number of carbonyl (C=O) groups is 4. The zero-order valence-corrected chi connectivity index (χ0v) is 37.6. The molecule has 2 aromatic carbocycles. The summed E-state index contributed by atoms with van der Waals surface area (Å²) in [5.41, 5.74) is 4.50. The van der Waals surface area contributed by atoms with Crippen molar-refractivity contribution in [2.75, 3.05) is 13.1 Å². The first-order valence-electron chi connectivity index (χ1n) is 23.9. The first kappa shape index (κ1) is 41.8. The Bertz CT molecular complexity index is 2070. The van der Waals surface area contributed by atoms with Crippen LogP contribution in [-0.2, 0) is 19.2 Å². The molecule has 6 aliphatic rings. The van der Waals surface area contributed by atoms with Gasteiger partial charge in [0.05, 0.1) is 21.8 Å². The number of hydrogen-bond acceptors (Lipinski definition) is 8. The number of Topliss-reactive ketones (excluding diaryl/α,β-unsaturated/α-hetero) is 1. The van der Waals surface area contributed by atoms with Gasteiger partial charge >= 0.3 is 0 Å². The predicted molar refractivity (Wildman–Crippen MR) is 245 cm³/mol. The summed E-state index contributed by atoms with van der Waals surface area (Å²) in [7, 11) is 0. The van der Waals surface area contributed by atoms with Crippen molar-refractivity contribution in [3.05, 3.63) is 70.9 Å². The lowest BCUT2D eigenvalue weighted by Gasteiger charge is -2.34. The van der Waals surface area contributed by atoms with E-state index in [1.807, 2.05) is 17.3 Å². The minimum Gasteiger partial charge on any atom is -0.344 e. The molecule has 0 bridgehead atoms. The Morgan fingerprint density at radius 3 is 1.52 bits per heavy atom. The van der Waals surface area contributed by atoms with E-state index >= 15 is 0 Å². The maximum absolute atomic E-state index is 14.3. The summed E-state index contributed by atoms with van der Waals surface area (Å²) in [5, 5.41) is 5.20. The molecule has 0 unspecified atom stereocenters. The number of ketones is 1. The number of nitrogens with zero attached hydrogens (tertiary/aromatic N) is 4. The zero-order chi connectivity index (χ0) is 42.2. The maximum atomic E-state index is 14.3. The van der Waals surface area contributed by atoms with Gasteiger partial charge in [0.15, 0.2) is 0 Å². The van der Waals surface area contributed by atoms with Gasteiger partial charge in [-0.3, -0.25) is 19.2 Å². The minimum absolute atomic E-state index is 0.0141. The van der Waals surface area contributed by atoms with Gasteiger partial charge in [-0.2, -0.15) is 0 Å². The molecule has 11 heteroatoms. The smallest absolute Gasteiger partial charge is 0.246 e. The lowest BCUT2D eigenvalue weighted by Crippen LogP contribution is -2.52. The molecule has 2 saturated heterocycles. The minimum atomic E-state index is -0.427. The molecule has 4 saturated carbocycles. The van der Waals surface area contributed by atoms with E-state index in [2.05, 4.69) is 58.7 Å². The summed E-state index contributed by atoms with van der Waals surface area (Å²) in [4.78, 5) is 70.5. The van der Waals surface area contributed by atoms with Crippen LogP contribution in [0, 0.1) is 29.6 Å². The highest BCUT2D eigenvalue weighted by Crippen LogP contribution is 2.44. The Balaban J connectivity index is 0.785. The summed E-state index contributed by atoms with van der Waals surface area (Å²) in [5.74, 6) is 1.29. The third-order valence-corrected chi connectivity index (χ3v) is 17.3. The summed E-state index contributed by atoms with van der Waals surface area (Å²) in [6.45, 7) is 1.46. The number of nitrogens with one attached hydrogen (secondary N) is 1. The van der Waals surface area contributed by atoms with Crippen LogP contribution in [0.25, 0.3) is 32.0 Å². The van der Waals surface area contributed by atoms with Crippen LogP contribution in [0.4, 0.5) is 0 Å². The number of benzene rings is 2. The first-order valence-corrected chi connectivity index (χ1v) is 25.6. The van der Waals surface area contributed by atoms with E-state index in [-0.39, 0.29) is 53.5 Å². The standard InChI is InChI=1S/C51H61N5O4S2/c57-43(35-19-20-35)29-40(34-9-3-1-4-10-34)50(59)55-27-7-13-41(55)48-52-30-44(61-48)36-21-15-32(16-22-36)33-17-23-37(24-18-33)45-31-53-49(62-45)42-14-8-28-56(42)51(60)46(38-11-5-2-6-12-38)54-47(58)39-25-26-39/h15-18,21-24,30-31,34-35,38-42,46H,1-14,19-20,25-29H2,(H,54,58)/t40-,41+,42+,46-/m1/s1. The second-order valence-electron chi connectivity index (χ2n) is 19.3. The van der Waals surface area contributed by atoms with E-state index in [0.29, 0.717) is 24.7 Å². The Labute approximate surface area is 374 Å². The number of hydrogen-bond donors (Lipinski definition) is 1. The average Bonchev–Trinajstić information content (AvgIpc) is 4.07. The van der Waals surface area contributed by atoms with Crippen molar-refractivity contribution < 1.29 is 19.2 Å². The molecule has 6 fully saturated rings. The van der Waals surface area contributed by atoms with Gasteiger partial charge in [-0.15, -0.1) is 22.7 Å². The van der Waals surface area contributed by atoms with Crippen molar-refractivity contribution in [1.82, 2.24) is 25.1 Å². The quantitative estimate of drug-likeness (QED) is 0.135. The van der Waals surface area contributed by atoms with Crippen LogP contribution in [0.15, 0.2) is 60.9 Å². The number of aromatic nitrogens is 2. The van der Waals surface area contributed by atoms with Crippen molar-refractivity contribution >= 4 is 46.2 Å². The molecule has 4 aromatic rings. The molecule has 4 heterocycles. The van der Waals surface area contributed by atoms with Crippen molar-refractivity contribution in [2.45, 2.75) is 140 Å². The van der Waals surface area contributed by atoms with Crippen LogP contribution in [0.2, 0.25) is 0 Å². The van der Waals surface area contributed by atoms with Crippen LogP contribution >= 0.6 is 22.7 Å². The van der Waals surface area contributed by atoms with Gasteiger partial charge in [0.25, 0.3) is 0 Å². The normalized spacial score (nSPS) is 23.4. The Kier molecular flexibility index (Phi) is 12.4. The van der Waals surface area contributed by atoms with Crippen LogP contribution in [0.5, 0.6) is 0 Å². The fourth-order valence-corrected chi connectivity index (χ4v) is 13.2. The second-order valence-corrected chi connectivity index (χ2v) is 21.4. The summed E-state index contributed by atoms with van der Waals surface area (Å²) < 4.78 is 0. The summed E-state index contributed by atoms with van der Waals surface area (Å²) >= 11 is 3.37. The van der Waals surface area contributed by atoms with Crippen LogP contribution in [0.1, 0.15) is 144 Å². The fraction of sp³-hybridized carbons (Fsp3) is 0.569. The molecule has 2 aromatic heterocycles. The van der Waals surface area contributed by atoms with Crippen LogP contribution in [0.3, 0.4) is 0 Å². The van der Waals surface area contributed by atoms with Gasteiger partial charge in [-0.1, -0.05) is 87.1 Å². The number of amides is 3. The third-order valence-electron chi connectivity index (χ3n) is 15.0. The zero-order valence-electron chi connectivity index (χ0n) is 36.0. The average molecular weight is 872 g/mol. The molecule has 326 valence electrons. The fourth-order valence-electron chi connectivity index (χ4n) is 11.0. The van der Waals surface area contributed by atoms with Gasteiger partial charge in [-0.25, -0.2) is 9.97 Å². The SMILES string of the molecule is O=C(C[C@@H](C(=O)N1CCC[C@H]1c1ncc(-c2ccc(-c3ccc(-c4cnc([C@@H]5CCCN5C(=O)[C@H](NC(=O)C5CC5)C5CCCCC5)s4)cc3)cc2)s1)C1CCCCC1)C1CC1. The topological polar surface area (TPSA) is 113 Å². The van der Waals surface area contributed by atoms with E-state index in [4.69, 9.17) is 9.97 Å². The molecule has 4 atom stereocenters. The monoisotopic (exact) mass is 871 g/mol. The molecule has 62 heavy (non-hydrogen) atoms. The second kappa shape index (κ2) is 18.5. The van der Waals surface area contributed by atoms with Gasteiger partial charge in [0.1, 0.15) is 21.8 Å². The highest BCUT2D eigenvalue weighted by molar-refractivity contribution is 7.15. The molecule has 0 radical (unpaired) electrons. The van der Waals surface area contributed by atoms with Crippen LogP contribution in [-0.4, -0.2) is 62.4 Å². The molecule has 2 aliphatic heterocycles. The summed E-state index contributed by atoms with van der Waals surface area (Å²) in [6, 6.07) is 16.8. The number of carbonyl (C=O) groups excluding carboxylic acids is 4. The molecule has 9 nitrogen and oxygen atoms in total. The van der Waals surface area contributed by atoms with Crippen molar-refractivity contribution in [3.63, 3.8) is 0 Å². The highest BCUT2D eigenvalue weighted by atomic mass is 32.1. The molecule has 0 spiro atoms. The van der Waals surface area contributed by atoms with Crippen molar-refractivity contribution in [1.29, 1.82) is 0 Å². The Morgan fingerprint density at radius 2 is 1.02 bits per heavy atom. The largest absolute Gasteiger partial charge is 0.344 e. The molecule has 4 aliphatic carbocycles. The maximum Gasteiger partial charge on any atom is 0.246 e. The van der Waals surface area contributed by atoms with E-state index in [0.717, 1.165) is 138 Å². The molecule has 1 N–H and O–H groups in total. The lowest BCUT2D eigenvalue weighted by molar-refractivity contribution is -0.141. The number of rotatable bonds is 14. The van der Waals surface area contributed by atoms with E-state index in [1.165, 1.54) is 25.7 Å². The lowest BCUT2D eigenvalue weighted by atomic mass is 9.76. The Hall–Kier alpha value is -4.22. The number of thiazole rings is 2. The van der Waals surface area contributed by atoms with Crippen molar-refractivity contribution in [2.24, 2.45) is 29.6 Å². The van der Waals surface area contributed by atoms with Gasteiger partial charge in [-0.05, 0) is 111 Å². The third kappa shape index (κ3) is 9.08. The molecular weight excluding hydrogens is 811 g/mol. The number of likely N-dealkylation sites (tertiary alicyclic amines) is 2. The molecule has 3 amide bonds. The van der Waals surface area contributed by atoms with Gasteiger partial charge < -0.3 is 15.1 Å². The van der Waals surface area contributed by atoms with Gasteiger partial charge in [0, 0.05) is 49.7 Å². The van der Waals surface area contributed by atoms with E-state index < -0.39 is 6.04 Å². The summed E-state index contributed by atoms with van der Waals surface area (Å²) in [6.07, 6.45) is 23.1. The highest BCUT2D eigenvalue weighted by Gasteiger charge is 2.43. The van der Waals surface area contributed by atoms with Crippen molar-refractivity contribution in [3.8, 4) is 32.0 Å². The molecule has 10 rings (SSSR count). The Morgan fingerprint density at radius 1 is 0.548 bits per heavy atom. The van der Waals surface area contributed by atoms with Crippen LogP contribution < -0.4 is 5.32 Å². The molecular formula is C51H61N5O4S2. The van der Waals surface area contributed by atoms with E-state index in [9.17, 15) is 19.2 Å². The first-order chi connectivity index (χ1) is 30.4. The van der Waals surface area contributed by atoms with Gasteiger partial charge in [0.2, 0.25) is 17.7 Å². The predicted octanol–water partition coefficient (Wildman–Crippen LogP) is 11.0. The van der Waals surface area contributed by atoms with E-state index in [1.54, 1.807) is 22.7 Å².